The van der Waals surface area contributed by atoms with Gasteiger partial charge in [0, 0.05) is 22.3 Å². The molecule has 1 atom stereocenters. The topological polar surface area (TPSA) is 66.2 Å². The van der Waals surface area contributed by atoms with Crippen molar-refractivity contribution < 1.29 is 22.7 Å². The second-order valence-corrected chi connectivity index (χ2v) is 6.19. The fraction of sp³-hybridized carbons (Fsp3) is 0.278. The third-order valence-electron chi connectivity index (χ3n) is 4.23. The summed E-state index contributed by atoms with van der Waals surface area (Å²) in [6.45, 7) is 4.74. The minimum Gasteiger partial charge on any atom is -0.422 e. The molecular formula is C18H16F3NO3. The molecule has 2 N–H and O–H groups in total. The fourth-order valence-electron chi connectivity index (χ4n) is 3.05. The normalized spacial score (nSPS) is 14.7. The van der Waals surface area contributed by atoms with Crippen LogP contribution in [-0.2, 0) is 5.60 Å². The van der Waals surface area contributed by atoms with Crippen LogP contribution < -0.4 is 5.63 Å². The molecule has 1 aromatic carbocycles. The van der Waals surface area contributed by atoms with Gasteiger partial charge in [-0.25, -0.2) is 4.79 Å². The van der Waals surface area contributed by atoms with Crippen LogP contribution in [0.1, 0.15) is 28.1 Å². The van der Waals surface area contributed by atoms with E-state index in [1.165, 1.54) is 19.1 Å². The molecule has 0 spiro atoms. The molecule has 1 unspecified atom stereocenters. The summed E-state index contributed by atoms with van der Waals surface area (Å²) in [5.41, 5.74) is -4.47. The van der Waals surface area contributed by atoms with Crippen molar-refractivity contribution in [1.82, 2.24) is 4.98 Å². The molecule has 0 saturated carbocycles. The van der Waals surface area contributed by atoms with Crippen molar-refractivity contribution in [3.8, 4) is 0 Å². The maximum atomic E-state index is 13.9. The van der Waals surface area contributed by atoms with Crippen molar-refractivity contribution in [1.29, 1.82) is 0 Å². The van der Waals surface area contributed by atoms with Gasteiger partial charge in [-0.2, -0.15) is 13.2 Å². The Labute approximate surface area is 140 Å². The van der Waals surface area contributed by atoms with Crippen molar-refractivity contribution in [3.63, 3.8) is 0 Å². The van der Waals surface area contributed by atoms with E-state index in [0.29, 0.717) is 11.1 Å². The van der Waals surface area contributed by atoms with Crippen molar-refractivity contribution in [2.45, 2.75) is 32.5 Å². The van der Waals surface area contributed by atoms with E-state index >= 15 is 0 Å². The largest absolute Gasteiger partial charge is 0.426 e. The standard InChI is InChI=1S/C18H16F3NO3/c1-9-4-5-15-12(6-9)8-14(16(23)25-15)17(24,18(19,20)21)13-7-10(2)22-11(13)3/h4-8,22,24H,1-3H3. The predicted molar refractivity (Wildman–Crippen MR) is 86.5 cm³/mol. The van der Waals surface area contributed by atoms with Crippen LogP contribution in [0.5, 0.6) is 0 Å². The van der Waals surface area contributed by atoms with Gasteiger partial charge < -0.3 is 14.5 Å². The maximum Gasteiger partial charge on any atom is 0.426 e. The number of hydrogen-bond acceptors (Lipinski definition) is 3. The summed E-state index contributed by atoms with van der Waals surface area (Å²) in [4.78, 5) is 15.0. The van der Waals surface area contributed by atoms with Crippen LogP contribution in [0, 0.1) is 20.8 Å². The van der Waals surface area contributed by atoms with Crippen molar-refractivity contribution in [2.24, 2.45) is 0 Å². The lowest BCUT2D eigenvalue weighted by Crippen LogP contribution is -2.46. The highest BCUT2D eigenvalue weighted by Gasteiger charge is 2.59. The van der Waals surface area contributed by atoms with E-state index in [0.717, 1.165) is 11.6 Å². The summed E-state index contributed by atoms with van der Waals surface area (Å²) >= 11 is 0. The van der Waals surface area contributed by atoms with Crippen LogP contribution in [0.3, 0.4) is 0 Å². The van der Waals surface area contributed by atoms with Crippen LogP contribution in [-0.4, -0.2) is 16.3 Å². The Kier molecular flexibility index (Phi) is 3.79. The number of aryl methyl sites for hydroxylation is 3. The number of alkyl halides is 3. The molecular weight excluding hydrogens is 335 g/mol. The van der Waals surface area contributed by atoms with Gasteiger partial charge in [-0.3, -0.25) is 0 Å². The second kappa shape index (κ2) is 5.49. The zero-order valence-electron chi connectivity index (χ0n) is 13.8. The highest BCUT2D eigenvalue weighted by atomic mass is 19.4. The molecule has 25 heavy (non-hydrogen) atoms. The minimum atomic E-state index is -5.11. The lowest BCUT2D eigenvalue weighted by atomic mass is 9.86. The number of aliphatic hydroxyl groups is 1. The second-order valence-electron chi connectivity index (χ2n) is 6.19. The highest BCUT2D eigenvalue weighted by molar-refractivity contribution is 5.78. The lowest BCUT2D eigenvalue weighted by molar-refractivity contribution is -0.249. The highest BCUT2D eigenvalue weighted by Crippen LogP contribution is 2.45. The number of hydrogen-bond donors (Lipinski definition) is 2. The number of fused-ring (bicyclic) bond motifs is 1. The van der Waals surface area contributed by atoms with E-state index in [1.54, 1.807) is 26.0 Å². The molecule has 0 fully saturated rings. The number of aromatic nitrogens is 1. The monoisotopic (exact) mass is 351 g/mol. The van der Waals surface area contributed by atoms with Gasteiger partial charge in [-0.15, -0.1) is 0 Å². The smallest absolute Gasteiger partial charge is 0.422 e. The summed E-state index contributed by atoms with van der Waals surface area (Å²) in [5, 5.41) is 11.0. The molecule has 4 nitrogen and oxygen atoms in total. The van der Waals surface area contributed by atoms with Gasteiger partial charge in [0.05, 0.1) is 5.56 Å². The van der Waals surface area contributed by atoms with Gasteiger partial charge in [-0.1, -0.05) is 11.6 Å². The average Bonchev–Trinajstić information content (AvgIpc) is 2.84. The van der Waals surface area contributed by atoms with Crippen LogP contribution in [0.4, 0.5) is 13.2 Å². The molecule has 0 aliphatic rings. The minimum absolute atomic E-state index is 0.126. The zero-order chi connectivity index (χ0) is 18.6. The molecule has 0 amide bonds. The molecule has 2 heterocycles. The molecule has 0 aliphatic carbocycles. The molecule has 3 aromatic rings. The van der Waals surface area contributed by atoms with Crippen molar-refractivity contribution >= 4 is 11.0 Å². The Hall–Kier alpha value is -2.54. The molecule has 3 rings (SSSR count). The fourth-order valence-corrected chi connectivity index (χ4v) is 3.05. The zero-order valence-corrected chi connectivity index (χ0v) is 13.8. The summed E-state index contributed by atoms with van der Waals surface area (Å²) in [6.07, 6.45) is -5.11. The van der Waals surface area contributed by atoms with E-state index < -0.39 is 28.5 Å². The quantitative estimate of drug-likeness (QED) is 0.690. The number of rotatable bonds is 2. The first kappa shape index (κ1) is 17.3. The van der Waals surface area contributed by atoms with E-state index in [4.69, 9.17) is 4.42 Å². The lowest BCUT2D eigenvalue weighted by Gasteiger charge is -2.30. The van der Waals surface area contributed by atoms with E-state index in [1.807, 2.05) is 0 Å². The molecule has 132 valence electrons. The van der Waals surface area contributed by atoms with Gasteiger partial charge in [-0.05, 0) is 45.0 Å². The Morgan fingerprint density at radius 2 is 1.72 bits per heavy atom. The number of benzene rings is 1. The van der Waals surface area contributed by atoms with Gasteiger partial charge >= 0.3 is 11.8 Å². The van der Waals surface area contributed by atoms with Gasteiger partial charge in [0.25, 0.3) is 0 Å². The molecule has 2 aromatic heterocycles. The van der Waals surface area contributed by atoms with Crippen LogP contribution in [0.15, 0.2) is 39.5 Å². The van der Waals surface area contributed by atoms with Crippen LogP contribution in [0.2, 0.25) is 0 Å². The van der Waals surface area contributed by atoms with Crippen LogP contribution >= 0.6 is 0 Å². The van der Waals surface area contributed by atoms with Crippen LogP contribution in [0.25, 0.3) is 11.0 Å². The number of aromatic amines is 1. The molecule has 0 aliphatic heterocycles. The molecule has 0 radical (unpaired) electrons. The summed E-state index contributed by atoms with van der Waals surface area (Å²) in [5.74, 6) is 0. The van der Waals surface area contributed by atoms with Gasteiger partial charge in [0.15, 0.2) is 0 Å². The summed E-state index contributed by atoms with van der Waals surface area (Å²) < 4.78 is 46.7. The van der Waals surface area contributed by atoms with E-state index in [9.17, 15) is 23.1 Å². The first-order valence-electron chi connectivity index (χ1n) is 7.55. The van der Waals surface area contributed by atoms with Gasteiger partial charge in [0.2, 0.25) is 5.60 Å². The maximum absolute atomic E-state index is 13.9. The number of halogens is 3. The number of nitrogens with one attached hydrogen (secondary N) is 1. The predicted octanol–water partition coefficient (Wildman–Crippen LogP) is 3.84. The Bertz CT molecular complexity index is 1020. The number of H-pyrrole nitrogens is 1. The van der Waals surface area contributed by atoms with Crippen molar-refractivity contribution in [2.75, 3.05) is 0 Å². The first-order chi connectivity index (χ1) is 11.5. The molecule has 0 saturated heterocycles. The molecule has 0 bridgehead atoms. The third-order valence-corrected chi connectivity index (χ3v) is 4.23. The van der Waals surface area contributed by atoms with E-state index in [-0.39, 0.29) is 11.3 Å². The Morgan fingerprint density at radius 1 is 1.04 bits per heavy atom. The van der Waals surface area contributed by atoms with Crippen molar-refractivity contribution in [3.05, 3.63) is 68.8 Å². The van der Waals surface area contributed by atoms with E-state index in [2.05, 4.69) is 4.98 Å². The Balaban J connectivity index is 2.39. The van der Waals surface area contributed by atoms with Gasteiger partial charge in [0.1, 0.15) is 5.58 Å². The summed E-state index contributed by atoms with van der Waals surface area (Å²) in [7, 11) is 0. The molecule has 7 heteroatoms. The summed E-state index contributed by atoms with van der Waals surface area (Å²) in [6, 6.07) is 7.01. The first-order valence-corrected chi connectivity index (χ1v) is 7.55. The SMILES string of the molecule is Cc1ccc2oc(=O)c(C(O)(c3cc(C)[nH]c3C)C(F)(F)F)cc2c1. The third kappa shape index (κ3) is 2.64. The Morgan fingerprint density at radius 3 is 2.28 bits per heavy atom. The average molecular weight is 351 g/mol.